The third kappa shape index (κ3) is 4.55. The zero-order chi connectivity index (χ0) is 23.2. The summed E-state index contributed by atoms with van der Waals surface area (Å²) in [7, 11) is -4.38. The van der Waals surface area contributed by atoms with Crippen molar-refractivity contribution in [3.05, 3.63) is 35.9 Å². The van der Waals surface area contributed by atoms with Crippen LogP contribution in [0.1, 0.15) is 59.9 Å². The maximum Gasteiger partial charge on any atom is 0.161 e. The average Bonchev–Trinajstić information content (AvgIpc) is 2.61. The summed E-state index contributed by atoms with van der Waals surface area (Å²) < 4.78 is 6.39. The SMILES string of the molecule is CC(C)(C)[Si](C)(C)[C@@H]1CC(OCc2ccccc2)C[C@@](O)([Si](C)(C)C(C)(C)C)C1=O. The second-order valence-corrected chi connectivity index (χ2v) is 23.7. The first kappa shape index (κ1) is 25.5. The molecule has 30 heavy (non-hydrogen) atoms. The van der Waals surface area contributed by atoms with Crippen molar-refractivity contribution in [2.75, 3.05) is 0 Å². The maximum absolute atomic E-state index is 14.0. The van der Waals surface area contributed by atoms with Crippen LogP contribution in [-0.4, -0.2) is 38.4 Å². The average molecular weight is 449 g/mol. The second-order valence-electron chi connectivity index (χ2n) is 12.5. The van der Waals surface area contributed by atoms with Crippen LogP contribution in [0.15, 0.2) is 30.3 Å². The highest BCUT2D eigenvalue weighted by atomic mass is 28.3. The van der Waals surface area contributed by atoms with E-state index >= 15 is 0 Å². The topological polar surface area (TPSA) is 46.5 Å². The number of hydrogen-bond acceptors (Lipinski definition) is 3. The second kappa shape index (κ2) is 8.30. The smallest absolute Gasteiger partial charge is 0.161 e. The van der Waals surface area contributed by atoms with Crippen LogP contribution in [0.2, 0.25) is 41.8 Å². The summed E-state index contributed by atoms with van der Waals surface area (Å²) in [6, 6.07) is 10.2. The van der Waals surface area contributed by atoms with E-state index in [0.29, 0.717) is 13.0 Å². The Morgan fingerprint density at radius 1 is 1.00 bits per heavy atom. The first-order chi connectivity index (χ1) is 13.4. The number of Topliss-reactive ketones (excluding diaryl/α,β-unsaturated/α-hetero) is 1. The highest BCUT2D eigenvalue weighted by Gasteiger charge is 2.63. The molecule has 1 fully saturated rings. The van der Waals surface area contributed by atoms with E-state index in [4.69, 9.17) is 4.74 Å². The fourth-order valence-electron chi connectivity index (χ4n) is 4.42. The Balaban J connectivity index is 2.45. The molecule has 1 aromatic carbocycles. The van der Waals surface area contributed by atoms with Gasteiger partial charge in [-0.1, -0.05) is 98.1 Å². The number of aliphatic hydroxyl groups is 1. The molecule has 0 bridgehead atoms. The van der Waals surface area contributed by atoms with E-state index in [-0.39, 0.29) is 27.5 Å². The molecule has 1 unspecified atom stereocenters. The predicted molar refractivity (Wildman–Crippen MR) is 132 cm³/mol. The first-order valence-electron chi connectivity index (χ1n) is 11.4. The fraction of sp³-hybridized carbons (Fsp3) is 0.720. The lowest BCUT2D eigenvalue weighted by atomic mass is 9.92. The van der Waals surface area contributed by atoms with Gasteiger partial charge in [0.1, 0.15) is 13.3 Å². The minimum absolute atomic E-state index is 0.0724. The molecule has 1 aliphatic rings. The monoisotopic (exact) mass is 448 g/mol. The molecule has 0 spiro atoms. The number of benzene rings is 1. The van der Waals surface area contributed by atoms with Gasteiger partial charge in [-0.25, -0.2) is 0 Å². The van der Waals surface area contributed by atoms with Crippen LogP contribution in [0, 0.1) is 0 Å². The van der Waals surface area contributed by atoms with Gasteiger partial charge in [-0.15, -0.1) is 0 Å². The van der Waals surface area contributed by atoms with Crippen molar-refractivity contribution in [3.63, 3.8) is 0 Å². The van der Waals surface area contributed by atoms with Gasteiger partial charge in [0.2, 0.25) is 0 Å². The van der Waals surface area contributed by atoms with Crippen molar-refractivity contribution >= 4 is 21.9 Å². The predicted octanol–water partition coefficient (Wildman–Crippen LogP) is 6.59. The summed E-state index contributed by atoms with van der Waals surface area (Å²) >= 11 is 0. The van der Waals surface area contributed by atoms with E-state index in [2.05, 4.69) is 79.9 Å². The Kier molecular flexibility index (Phi) is 7.06. The number of ether oxygens (including phenoxy) is 1. The molecule has 170 valence electrons. The van der Waals surface area contributed by atoms with Crippen molar-refractivity contribution in [3.8, 4) is 0 Å². The molecule has 0 heterocycles. The minimum atomic E-state index is -2.37. The highest BCUT2D eigenvalue weighted by Crippen LogP contribution is 2.54. The lowest BCUT2D eigenvalue weighted by molar-refractivity contribution is -0.140. The van der Waals surface area contributed by atoms with Gasteiger partial charge in [-0.05, 0) is 22.1 Å². The molecular formula is C25H44O3Si2. The lowest BCUT2D eigenvalue weighted by Crippen LogP contribution is -2.70. The quantitative estimate of drug-likeness (QED) is 0.517. The molecule has 0 radical (unpaired) electrons. The molecule has 3 atom stereocenters. The highest BCUT2D eigenvalue weighted by molar-refractivity contribution is 6.89. The van der Waals surface area contributed by atoms with Crippen LogP contribution in [-0.2, 0) is 16.1 Å². The number of carbonyl (C=O) groups is 1. The van der Waals surface area contributed by atoms with Gasteiger partial charge in [0.15, 0.2) is 5.78 Å². The van der Waals surface area contributed by atoms with E-state index in [1.807, 2.05) is 18.2 Å². The summed E-state index contributed by atoms with van der Waals surface area (Å²) in [5.41, 5.74) is 1.04. The van der Waals surface area contributed by atoms with E-state index in [1.54, 1.807) is 0 Å². The molecule has 0 aliphatic heterocycles. The molecule has 1 aliphatic carbocycles. The lowest BCUT2D eigenvalue weighted by Gasteiger charge is -2.56. The minimum Gasteiger partial charge on any atom is -0.386 e. The zero-order valence-corrected chi connectivity index (χ0v) is 22.9. The van der Waals surface area contributed by atoms with Gasteiger partial charge in [-0.3, -0.25) is 4.79 Å². The van der Waals surface area contributed by atoms with Crippen molar-refractivity contribution in [2.45, 2.75) is 114 Å². The third-order valence-electron chi connectivity index (χ3n) is 8.79. The molecule has 0 saturated heterocycles. The van der Waals surface area contributed by atoms with Gasteiger partial charge < -0.3 is 9.84 Å². The van der Waals surface area contributed by atoms with Gasteiger partial charge in [-0.2, -0.15) is 0 Å². The number of carbonyl (C=O) groups excluding carboxylic acids is 1. The molecular weight excluding hydrogens is 404 g/mol. The molecule has 2 rings (SSSR count). The van der Waals surface area contributed by atoms with Crippen LogP contribution in [0.25, 0.3) is 0 Å². The summed E-state index contributed by atoms with van der Waals surface area (Å²) in [5.74, 6) is 0.111. The number of ketones is 1. The Bertz CT molecular complexity index is 744. The number of rotatable bonds is 5. The van der Waals surface area contributed by atoms with Crippen molar-refractivity contribution in [1.82, 2.24) is 0 Å². The van der Waals surface area contributed by atoms with Gasteiger partial charge in [0.25, 0.3) is 0 Å². The maximum atomic E-state index is 14.0. The van der Waals surface area contributed by atoms with Gasteiger partial charge in [0, 0.05) is 12.0 Å². The molecule has 1 saturated carbocycles. The molecule has 1 aromatic rings. The van der Waals surface area contributed by atoms with Crippen LogP contribution in [0.4, 0.5) is 0 Å². The standard InChI is InChI=1S/C25H44O3Si2/c1-23(2,3)29(7,8)21-16-20(28-18-19-14-12-11-13-15-19)17-25(27,22(21)26)30(9,10)24(4,5)6/h11-15,20-21,27H,16-18H2,1-10H3/t20?,21-,25-/m1/s1. The molecule has 0 aromatic heterocycles. The summed E-state index contributed by atoms with van der Waals surface area (Å²) in [6.45, 7) is 22.9. The van der Waals surface area contributed by atoms with E-state index in [0.717, 1.165) is 12.0 Å². The molecule has 3 nitrogen and oxygen atoms in total. The van der Waals surface area contributed by atoms with E-state index in [1.165, 1.54) is 0 Å². The Labute approximate surface area is 186 Å². The largest absolute Gasteiger partial charge is 0.386 e. The molecule has 1 N–H and O–H groups in total. The zero-order valence-electron chi connectivity index (χ0n) is 20.9. The third-order valence-corrected chi connectivity index (χ3v) is 21.2. The summed E-state index contributed by atoms with van der Waals surface area (Å²) in [5, 5.41) is 10.9. The van der Waals surface area contributed by atoms with Crippen molar-refractivity contribution < 1.29 is 14.6 Å². The van der Waals surface area contributed by atoms with Crippen molar-refractivity contribution in [1.29, 1.82) is 0 Å². The summed E-state index contributed by atoms with van der Waals surface area (Å²) in [6.07, 6.45) is 1.07. The Morgan fingerprint density at radius 3 is 2.00 bits per heavy atom. The van der Waals surface area contributed by atoms with Gasteiger partial charge in [0.05, 0.1) is 20.8 Å². The van der Waals surface area contributed by atoms with Crippen LogP contribution in [0.5, 0.6) is 0 Å². The Morgan fingerprint density at radius 2 is 1.53 bits per heavy atom. The van der Waals surface area contributed by atoms with Crippen molar-refractivity contribution in [2.24, 2.45) is 0 Å². The Hall–Kier alpha value is -0.756. The molecule has 0 amide bonds. The van der Waals surface area contributed by atoms with Crippen LogP contribution < -0.4 is 0 Å². The van der Waals surface area contributed by atoms with Crippen LogP contribution in [0.3, 0.4) is 0 Å². The normalized spacial score (nSPS) is 26.7. The molecule has 5 heteroatoms. The number of hydrogen-bond donors (Lipinski definition) is 1. The first-order valence-corrected chi connectivity index (χ1v) is 17.4. The van der Waals surface area contributed by atoms with E-state index in [9.17, 15) is 9.90 Å². The fourth-order valence-corrected chi connectivity index (χ4v) is 10.1. The van der Waals surface area contributed by atoms with Gasteiger partial charge >= 0.3 is 0 Å². The van der Waals surface area contributed by atoms with E-state index < -0.39 is 21.4 Å². The summed E-state index contributed by atoms with van der Waals surface area (Å²) in [4.78, 5) is 14.0. The van der Waals surface area contributed by atoms with Crippen LogP contribution >= 0.6 is 0 Å².